The van der Waals surface area contributed by atoms with Gasteiger partial charge in [-0.05, 0) is 49.4 Å². The number of aliphatic hydroxyl groups is 1. The predicted octanol–water partition coefficient (Wildman–Crippen LogP) is 2.34. The van der Waals surface area contributed by atoms with Gasteiger partial charge in [0.1, 0.15) is 0 Å². The molecule has 12 heavy (non-hydrogen) atoms. The minimum Gasteiger partial charge on any atom is -0.393 e. The van der Waals surface area contributed by atoms with Gasteiger partial charge in [0.2, 0.25) is 0 Å². The molecule has 3 fully saturated rings. The van der Waals surface area contributed by atoms with E-state index in [9.17, 15) is 5.11 Å². The van der Waals surface area contributed by atoms with Crippen LogP contribution in [0.4, 0.5) is 0 Å². The Morgan fingerprint density at radius 1 is 1.08 bits per heavy atom. The zero-order valence-electron chi connectivity index (χ0n) is 7.63. The van der Waals surface area contributed by atoms with Crippen LogP contribution in [0.2, 0.25) is 0 Å². The summed E-state index contributed by atoms with van der Waals surface area (Å²) in [4.78, 5) is 0. The van der Waals surface area contributed by atoms with E-state index in [0.29, 0.717) is 5.41 Å². The Morgan fingerprint density at radius 2 is 2.00 bits per heavy atom. The second-order valence-corrected chi connectivity index (χ2v) is 5.14. The molecule has 0 aromatic rings. The van der Waals surface area contributed by atoms with Gasteiger partial charge in [0, 0.05) is 0 Å². The van der Waals surface area contributed by atoms with Crippen molar-refractivity contribution < 1.29 is 5.11 Å². The Balaban J connectivity index is 1.97. The van der Waals surface area contributed by atoms with Gasteiger partial charge in [0.15, 0.2) is 0 Å². The van der Waals surface area contributed by atoms with Gasteiger partial charge in [-0.1, -0.05) is 12.8 Å². The maximum absolute atomic E-state index is 10.0. The van der Waals surface area contributed by atoms with Crippen molar-refractivity contribution in [1.82, 2.24) is 0 Å². The van der Waals surface area contributed by atoms with Gasteiger partial charge in [-0.2, -0.15) is 0 Å². The molecule has 1 nitrogen and oxygen atoms in total. The Bertz CT molecular complexity index is 201. The molecular formula is C11H18O. The van der Waals surface area contributed by atoms with Crippen molar-refractivity contribution in [2.45, 2.75) is 51.0 Å². The van der Waals surface area contributed by atoms with E-state index < -0.39 is 0 Å². The lowest BCUT2D eigenvalue weighted by Crippen LogP contribution is -2.36. The molecule has 0 aromatic carbocycles. The van der Waals surface area contributed by atoms with Crippen LogP contribution in [0.5, 0.6) is 0 Å². The summed E-state index contributed by atoms with van der Waals surface area (Å²) in [6, 6.07) is 0. The van der Waals surface area contributed by atoms with Gasteiger partial charge >= 0.3 is 0 Å². The molecular weight excluding hydrogens is 148 g/mol. The summed E-state index contributed by atoms with van der Waals surface area (Å²) in [7, 11) is 0. The molecule has 3 saturated carbocycles. The van der Waals surface area contributed by atoms with Crippen LogP contribution in [0.25, 0.3) is 0 Å². The lowest BCUT2D eigenvalue weighted by molar-refractivity contribution is 0.000950. The minimum absolute atomic E-state index is 0.0709. The highest BCUT2D eigenvalue weighted by Crippen LogP contribution is 2.63. The smallest absolute Gasteiger partial charge is 0.0601 e. The van der Waals surface area contributed by atoms with Crippen LogP contribution in [0.3, 0.4) is 0 Å². The first-order chi connectivity index (χ1) is 5.83. The molecule has 1 heteroatoms. The third kappa shape index (κ3) is 0.693. The maximum Gasteiger partial charge on any atom is 0.0601 e. The second-order valence-electron chi connectivity index (χ2n) is 5.14. The highest BCUT2D eigenvalue weighted by atomic mass is 16.3. The van der Waals surface area contributed by atoms with Crippen molar-refractivity contribution in [1.29, 1.82) is 0 Å². The molecule has 0 saturated heterocycles. The normalized spacial score (nSPS) is 57.2. The Labute approximate surface area is 74.2 Å². The van der Waals surface area contributed by atoms with E-state index >= 15 is 0 Å². The molecule has 0 aliphatic heterocycles. The van der Waals surface area contributed by atoms with Crippen molar-refractivity contribution >= 4 is 0 Å². The van der Waals surface area contributed by atoms with Crippen molar-refractivity contribution in [3.63, 3.8) is 0 Å². The van der Waals surface area contributed by atoms with Crippen molar-refractivity contribution in [2.24, 2.45) is 17.3 Å². The number of hydrogen-bond acceptors (Lipinski definition) is 1. The van der Waals surface area contributed by atoms with Gasteiger partial charge in [-0.15, -0.1) is 0 Å². The second kappa shape index (κ2) is 2.25. The van der Waals surface area contributed by atoms with E-state index in [2.05, 4.69) is 0 Å². The molecule has 2 bridgehead atoms. The first-order valence-corrected chi connectivity index (χ1v) is 5.51. The summed E-state index contributed by atoms with van der Waals surface area (Å²) in [5.41, 5.74) is 0.420. The zero-order valence-corrected chi connectivity index (χ0v) is 7.63. The summed E-state index contributed by atoms with van der Waals surface area (Å²) in [6.07, 6.45) is 9.50. The third-order valence-electron chi connectivity index (χ3n) is 4.89. The summed E-state index contributed by atoms with van der Waals surface area (Å²) in [5.74, 6) is 1.82. The minimum atomic E-state index is 0.0709. The average molecular weight is 166 g/mol. The SMILES string of the molecule is O[C@H]1C[C@H]2CC[C@]13CCCC[C@@H]23. The lowest BCUT2D eigenvalue weighted by atomic mass is 9.68. The molecule has 0 radical (unpaired) electrons. The van der Waals surface area contributed by atoms with E-state index in [4.69, 9.17) is 0 Å². The number of rotatable bonds is 0. The molecule has 4 atom stereocenters. The van der Waals surface area contributed by atoms with Crippen molar-refractivity contribution in [2.75, 3.05) is 0 Å². The summed E-state index contributed by atoms with van der Waals surface area (Å²) in [5, 5.41) is 10.0. The summed E-state index contributed by atoms with van der Waals surface area (Å²) < 4.78 is 0. The Kier molecular flexibility index (Phi) is 1.39. The maximum atomic E-state index is 10.0. The number of aliphatic hydroxyl groups excluding tert-OH is 1. The molecule has 0 unspecified atom stereocenters. The van der Waals surface area contributed by atoms with Crippen molar-refractivity contribution in [3.05, 3.63) is 0 Å². The highest BCUT2D eigenvalue weighted by molar-refractivity contribution is 5.08. The van der Waals surface area contributed by atoms with Gasteiger partial charge in [-0.25, -0.2) is 0 Å². The van der Waals surface area contributed by atoms with Gasteiger partial charge in [0.05, 0.1) is 6.10 Å². The molecule has 1 N–H and O–H groups in total. The fourth-order valence-electron chi connectivity index (χ4n) is 4.35. The first-order valence-electron chi connectivity index (χ1n) is 5.51. The van der Waals surface area contributed by atoms with Crippen LogP contribution in [-0.4, -0.2) is 11.2 Å². The molecule has 3 aliphatic rings. The Morgan fingerprint density at radius 3 is 2.75 bits per heavy atom. The number of hydrogen-bond donors (Lipinski definition) is 1. The van der Waals surface area contributed by atoms with Crippen LogP contribution in [0.15, 0.2) is 0 Å². The van der Waals surface area contributed by atoms with E-state index in [1.807, 2.05) is 0 Å². The van der Waals surface area contributed by atoms with Gasteiger partial charge in [-0.3, -0.25) is 0 Å². The van der Waals surface area contributed by atoms with E-state index in [-0.39, 0.29) is 6.10 Å². The van der Waals surface area contributed by atoms with E-state index in [1.54, 1.807) is 0 Å². The van der Waals surface area contributed by atoms with E-state index in [0.717, 1.165) is 18.3 Å². The van der Waals surface area contributed by atoms with Crippen molar-refractivity contribution in [3.8, 4) is 0 Å². The monoisotopic (exact) mass is 166 g/mol. The van der Waals surface area contributed by atoms with Crippen LogP contribution in [-0.2, 0) is 0 Å². The summed E-state index contributed by atoms with van der Waals surface area (Å²) in [6.45, 7) is 0. The Hall–Kier alpha value is -0.0400. The highest BCUT2D eigenvalue weighted by Gasteiger charge is 2.58. The van der Waals surface area contributed by atoms with Gasteiger partial charge in [0.25, 0.3) is 0 Å². The fourth-order valence-corrected chi connectivity index (χ4v) is 4.35. The topological polar surface area (TPSA) is 20.2 Å². The first kappa shape index (κ1) is 7.37. The van der Waals surface area contributed by atoms with Gasteiger partial charge < -0.3 is 5.11 Å². The average Bonchev–Trinajstić information content (AvgIpc) is 2.57. The lowest BCUT2D eigenvalue weighted by Gasteiger charge is -2.39. The molecule has 0 spiro atoms. The largest absolute Gasteiger partial charge is 0.393 e. The molecule has 68 valence electrons. The third-order valence-corrected chi connectivity index (χ3v) is 4.89. The van der Waals surface area contributed by atoms with E-state index in [1.165, 1.54) is 38.5 Å². The standard InChI is InChI=1S/C11H18O/c12-10-7-8-4-6-11(10)5-2-1-3-9(8)11/h8-10,12H,1-7H2/t8-,9+,10+,11+/m1/s1. The quantitative estimate of drug-likeness (QED) is 0.585. The summed E-state index contributed by atoms with van der Waals surface area (Å²) >= 11 is 0. The van der Waals surface area contributed by atoms with Crippen LogP contribution >= 0.6 is 0 Å². The molecule has 3 rings (SSSR count). The molecule has 0 aromatic heterocycles. The fraction of sp³-hybridized carbons (Fsp3) is 1.00. The predicted molar refractivity (Wildman–Crippen MR) is 47.7 cm³/mol. The zero-order chi connectivity index (χ0) is 8.18. The molecule has 0 heterocycles. The van der Waals surface area contributed by atoms with Crippen LogP contribution < -0.4 is 0 Å². The van der Waals surface area contributed by atoms with Crippen LogP contribution in [0.1, 0.15) is 44.9 Å². The van der Waals surface area contributed by atoms with Crippen LogP contribution in [0, 0.1) is 17.3 Å². The molecule has 3 aliphatic carbocycles. The molecule has 0 amide bonds.